The number of cyclic esters (lactones) is 1. The van der Waals surface area contributed by atoms with Crippen molar-refractivity contribution in [2.45, 2.75) is 6.04 Å². The molecule has 2 heterocycles. The Morgan fingerprint density at radius 3 is 2.48 bits per heavy atom. The van der Waals surface area contributed by atoms with E-state index < -0.39 is 6.09 Å². The van der Waals surface area contributed by atoms with Crippen LogP contribution in [0.4, 0.5) is 4.79 Å². The normalized spacial score (nSPS) is 16.7. The maximum atomic E-state index is 12.6. The average molecular weight is 375 g/mol. The van der Waals surface area contributed by atoms with Crippen LogP contribution in [0.1, 0.15) is 16.5 Å². The molecule has 1 atom stereocenters. The quantitative estimate of drug-likeness (QED) is 0.593. The number of carbonyl (C=O) groups excluding carboxylic acids is 2. The van der Waals surface area contributed by atoms with Gasteiger partial charge in [-0.3, -0.25) is 4.79 Å². The van der Waals surface area contributed by atoms with E-state index >= 15 is 0 Å². The Morgan fingerprint density at radius 2 is 1.74 bits per heavy atom. The van der Waals surface area contributed by atoms with E-state index in [-0.39, 0.29) is 18.6 Å². The molecule has 1 aliphatic rings. The molecular weight excluding hydrogens is 358 g/mol. The summed E-state index contributed by atoms with van der Waals surface area (Å²) < 4.78 is 5.10. The Labute approximate surface area is 161 Å². The lowest BCUT2D eigenvalue weighted by Crippen LogP contribution is -2.32. The summed E-state index contributed by atoms with van der Waals surface area (Å²) >= 11 is 1.55. The molecule has 3 aromatic rings. The molecule has 1 unspecified atom stereocenters. The van der Waals surface area contributed by atoms with Gasteiger partial charge in [-0.15, -0.1) is 11.3 Å². The first kappa shape index (κ1) is 17.2. The maximum Gasteiger partial charge on any atom is 0.417 e. The molecule has 1 fully saturated rings. The van der Waals surface area contributed by atoms with Gasteiger partial charge in [0, 0.05) is 11.0 Å². The Kier molecular flexibility index (Phi) is 4.85. The van der Waals surface area contributed by atoms with Crippen LogP contribution in [0.3, 0.4) is 0 Å². The molecule has 2 amide bonds. The number of nitrogens with zero attached hydrogens (tertiary/aromatic N) is 1. The first-order chi connectivity index (χ1) is 13.2. The van der Waals surface area contributed by atoms with Gasteiger partial charge in [0.15, 0.2) is 0 Å². The molecule has 0 radical (unpaired) electrons. The lowest BCUT2D eigenvalue weighted by molar-refractivity contribution is -0.124. The van der Waals surface area contributed by atoms with Gasteiger partial charge in [-0.2, -0.15) is 0 Å². The average Bonchev–Trinajstić information content (AvgIpc) is 3.34. The zero-order chi connectivity index (χ0) is 18.6. The number of thiophene rings is 1. The number of hydrogen-bond donors (Lipinski definition) is 0. The second kappa shape index (κ2) is 7.60. The Bertz CT molecular complexity index is 979. The standard InChI is InChI=1S/C22H17NO3S/c24-21(23-20(14-26-22(23)25)17-9-5-2-6-10-17)12-11-19-13-18(15-27-19)16-7-3-1-4-8-16/h1-13,15,20H,14H2/b12-11+. The van der Waals surface area contributed by atoms with Crippen LogP contribution in [-0.4, -0.2) is 23.5 Å². The fraction of sp³-hybridized carbons (Fsp3) is 0.0909. The predicted octanol–water partition coefficient (Wildman–Crippen LogP) is 5.15. The van der Waals surface area contributed by atoms with Crippen molar-refractivity contribution in [1.82, 2.24) is 4.90 Å². The van der Waals surface area contributed by atoms with Crippen LogP contribution in [-0.2, 0) is 9.53 Å². The molecule has 1 aliphatic heterocycles. The number of imide groups is 1. The van der Waals surface area contributed by atoms with Gasteiger partial charge >= 0.3 is 6.09 Å². The van der Waals surface area contributed by atoms with E-state index in [2.05, 4.69) is 5.38 Å². The highest BCUT2D eigenvalue weighted by atomic mass is 32.1. The third-order valence-corrected chi connectivity index (χ3v) is 5.31. The minimum Gasteiger partial charge on any atom is -0.446 e. The highest BCUT2D eigenvalue weighted by Crippen LogP contribution is 2.29. The molecule has 0 N–H and O–H groups in total. The van der Waals surface area contributed by atoms with E-state index in [1.807, 2.05) is 66.7 Å². The van der Waals surface area contributed by atoms with E-state index in [4.69, 9.17) is 4.74 Å². The molecule has 1 saturated heterocycles. The van der Waals surface area contributed by atoms with Gasteiger partial charge in [0.05, 0.1) is 0 Å². The SMILES string of the molecule is O=C(/C=C/c1cc(-c2ccccc2)cs1)N1C(=O)OCC1c1ccccc1. The van der Waals surface area contributed by atoms with Crippen LogP contribution >= 0.6 is 11.3 Å². The van der Waals surface area contributed by atoms with Gasteiger partial charge in [0.1, 0.15) is 12.6 Å². The van der Waals surface area contributed by atoms with E-state index in [0.717, 1.165) is 21.6 Å². The van der Waals surface area contributed by atoms with Gasteiger partial charge in [-0.1, -0.05) is 60.7 Å². The molecule has 4 nitrogen and oxygen atoms in total. The second-order valence-electron chi connectivity index (χ2n) is 6.15. The number of ether oxygens (including phenoxy) is 1. The molecule has 134 valence electrons. The molecule has 0 saturated carbocycles. The monoisotopic (exact) mass is 375 g/mol. The van der Waals surface area contributed by atoms with Gasteiger partial charge in [-0.25, -0.2) is 9.69 Å². The minimum atomic E-state index is -0.602. The third-order valence-electron chi connectivity index (χ3n) is 4.41. The highest BCUT2D eigenvalue weighted by Gasteiger charge is 2.37. The van der Waals surface area contributed by atoms with Gasteiger partial charge in [0.25, 0.3) is 5.91 Å². The second-order valence-corrected chi connectivity index (χ2v) is 7.09. The number of rotatable bonds is 4. The first-order valence-corrected chi connectivity index (χ1v) is 9.47. The summed E-state index contributed by atoms with van der Waals surface area (Å²) in [5, 5.41) is 2.05. The number of amides is 2. The third kappa shape index (κ3) is 3.68. The number of benzene rings is 2. The Morgan fingerprint density at radius 1 is 1.04 bits per heavy atom. The summed E-state index contributed by atoms with van der Waals surface area (Å²) in [6, 6.07) is 21.1. The van der Waals surface area contributed by atoms with Crippen molar-refractivity contribution in [2.24, 2.45) is 0 Å². The predicted molar refractivity (Wildman–Crippen MR) is 106 cm³/mol. The fourth-order valence-corrected chi connectivity index (χ4v) is 3.85. The summed E-state index contributed by atoms with van der Waals surface area (Å²) in [6.45, 7) is 0.180. The molecule has 4 rings (SSSR count). The van der Waals surface area contributed by atoms with Crippen LogP contribution in [0.25, 0.3) is 17.2 Å². The molecular formula is C22H17NO3S. The minimum absolute atomic E-state index is 0.180. The van der Waals surface area contributed by atoms with Crippen molar-refractivity contribution in [2.75, 3.05) is 6.61 Å². The number of carbonyl (C=O) groups is 2. The summed E-state index contributed by atoms with van der Waals surface area (Å²) in [7, 11) is 0. The zero-order valence-corrected chi connectivity index (χ0v) is 15.3. The van der Waals surface area contributed by atoms with Gasteiger partial charge in [0.2, 0.25) is 0 Å². The molecule has 0 spiro atoms. The lowest BCUT2D eigenvalue weighted by Gasteiger charge is -2.18. The molecule has 1 aromatic heterocycles. The van der Waals surface area contributed by atoms with Crippen molar-refractivity contribution in [3.63, 3.8) is 0 Å². The molecule has 0 aliphatic carbocycles. The smallest absolute Gasteiger partial charge is 0.417 e. The summed E-state index contributed by atoms with van der Waals surface area (Å²) in [5.41, 5.74) is 3.12. The molecule has 0 bridgehead atoms. The van der Waals surface area contributed by atoms with Gasteiger partial charge in [-0.05, 0) is 34.2 Å². The number of hydrogen-bond acceptors (Lipinski definition) is 4. The van der Waals surface area contributed by atoms with E-state index in [9.17, 15) is 9.59 Å². The first-order valence-electron chi connectivity index (χ1n) is 8.59. The van der Waals surface area contributed by atoms with E-state index in [0.29, 0.717) is 0 Å². The molecule has 5 heteroatoms. The van der Waals surface area contributed by atoms with Crippen molar-refractivity contribution in [1.29, 1.82) is 0 Å². The van der Waals surface area contributed by atoms with Crippen LogP contribution in [0.5, 0.6) is 0 Å². The zero-order valence-electron chi connectivity index (χ0n) is 14.4. The Balaban J connectivity index is 1.51. The van der Waals surface area contributed by atoms with Crippen LogP contribution in [0.2, 0.25) is 0 Å². The van der Waals surface area contributed by atoms with Crippen molar-refractivity contribution in [3.8, 4) is 11.1 Å². The largest absolute Gasteiger partial charge is 0.446 e. The topological polar surface area (TPSA) is 46.6 Å². The van der Waals surface area contributed by atoms with E-state index in [1.165, 1.54) is 11.0 Å². The maximum absolute atomic E-state index is 12.6. The Hall–Kier alpha value is -3.18. The lowest BCUT2D eigenvalue weighted by atomic mass is 10.1. The highest BCUT2D eigenvalue weighted by molar-refractivity contribution is 7.11. The summed E-state index contributed by atoms with van der Waals surface area (Å²) in [4.78, 5) is 26.8. The summed E-state index contributed by atoms with van der Waals surface area (Å²) in [6.07, 6.45) is 2.57. The molecule has 27 heavy (non-hydrogen) atoms. The van der Waals surface area contributed by atoms with Crippen molar-refractivity contribution in [3.05, 3.63) is 88.6 Å². The molecule has 2 aromatic carbocycles. The summed E-state index contributed by atoms with van der Waals surface area (Å²) in [5.74, 6) is -0.374. The van der Waals surface area contributed by atoms with Crippen LogP contribution in [0.15, 0.2) is 78.2 Å². The van der Waals surface area contributed by atoms with Crippen molar-refractivity contribution < 1.29 is 14.3 Å². The van der Waals surface area contributed by atoms with Crippen LogP contribution < -0.4 is 0 Å². The van der Waals surface area contributed by atoms with E-state index in [1.54, 1.807) is 17.4 Å². The van der Waals surface area contributed by atoms with Crippen LogP contribution in [0, 0.1) is 0 Å². The fourth-order valence-electron chi connectivity index (χ4n) is 3.04. The van der Waals surface area contributed by atoms with Gasteiger partial charge < -0.3 is 4.74 Å². The van der Waals surface area contributed by atoms with Crippen molar-refractivity contribution >= 4 is 29.4 Å².